The van der Waals surface area contributed by atoms with Crippen LogP contribution in [0.3, 0.4) is 0 Å². The van der Waals surface area contributed by atoms with Crippen molar-refractivity contribution in [1.29, 1.82) is 0 Å². The predicted octanol–water partition coefficient (Wildman–Crippen LogP) is 4.51. The van der Waals surface area contributed by atoms with Crippen LogP contribution in [0.4, 0.5) is 0 Å². The molecule has 0 bridgehead atoms. The van der Waals surface area contributed by atoms with Crippen LogP contribution in [0.5, 0.6) is 0 Å². The standard InChI is InChI=1S/C14H22O/c1-10(2)11-6-8-13(9-7-11)14(15)12-4-3-5-12/h13,15H,3-9H2,1-2H3. The second-order valence-corrected chi connectivity index (χ2v) is 5.22. The van der Waals surface area contributed by atoms with Crippen molar-refractivity contribution in [1.82, 2.24) is 0 Å². The zero-order chi connectivity index (χ0) is 10.8. The normalized spacial score (nSPS) is 26.1. The molecule has 0 radical (unpaired) electrons. The predicted molar refractivity (Wildman–Crippen MR) is 63.8 cm³/mol. The summed E-state index contributed by atoms with van der Waals surface area (Å²) >= 11 is 0. The molecule has 0 spiro atoms. The zero-order valence-electron chi connectivity index (χ0n) is 9.97. The van der Waals surface area contributed by atoms with E-state index in [1.807, 2.05) is 0 Å². The molecule has 2 aliphatic carbocycles. The molecule has 0 aromatic rings. The Hall–Kier alpha value is -0.720. The maximum Gasteiger partial charge on any atom is 0.0945 e. The van der Waals surface area contributed by atoms with Crippen LogP contribution in [0.15, 0.2) is 22.5 Å². The van der Waals surface area contributed by atoms with E-state index < -0.39 is 0 Å². The molecule has 0 heterocycles. The monoisotopic (exact) mass is 206 g/mol. The molecular formula is C14H22O. The van der Waals surface area contributed by atoms with Crippen molar-refractivity contribution in [2.24, 2.45) is 5.92 Å². The molecule has 2 aliphatic rings. The second kappa shape index (κ2) is 4.42. The van der Waals surface area contributed by atoms with E-state index in [9.17, 15) is 5.11 Å². The van der Waals surface area contributed by atoms with Crippen molar-refractivity contribution in [3.63, 3.8) is 0 Å². The van der Waals surface area contributed by atoms with Crippen LogP contribution in [0.25, 0.3) is 0 Å². The minimum atomic E-state index is 0.475. The fraction of sp³-hybridized carbons (Fsp3) is 0.714. The summed E-state index contributed by atoms with van der Waals surface area (Å²) in [4.78, 5) is 0. The van der Waals surface area contributed by atoms with Gasteiger partial charge in [0, 0.05) is 5.92 Å². The maximum absolute atomic E-state index is 10.1. The Balaban J connectivity index is 1.96. The summed E-state index contributed by atoms with van der Waals surface area (Å²) in [6, 6.07) is 0. The molecule has 1 N–H and O–H groups in total. The lowest BCUT2D eigenvalue weighted by Gasteiger charge is -2.28. The summed E-state index contributed by atoms with van der Waals surface area (Å²) < 4.78 is 0. The first-order chi connectivity index (χ1) is 7.18. The Labute approximate surface area is 92.9 Å². The first-order valence-corrected chi connectivity index (χ1v) is 6.24. The Morgan fingerprint density at radius 1 is 1.00 bits per heavy atom. The van der Waals surface area contributed by atoms with Crippen molar-refractivity contribution < 1.29 is 5.11 Å². The van der Waals surface area contributed by atoms with Gasteiger partial charge >= 0.3 is 0 Å². The summed E-state index contributed by atoms with van der Waals surface area (Å²) in [5.41, 5.74) is 4.46. The first kappa shape index (κ1) is 10.8. The molecule has 15 heavy (non-hydrogen) atoms. The number of allylic oxidation sites excluding steroid dienone is 4. The van der Waals surface area contributed by atoms with Gasteiger partial charge in [0.25, 0.3) is 0 Å². The van der Waals surface area contributed by atoms with Crippen LogP contribution in [-0.4, -0.2) is 5.11 Å². The van der Waals surface area contributed by atoms with Gasteiger partial charge in [-0.1, -0.05) is 11.1 Å². The lowest BCUT2D eigenvalue weighted by atomic mass is 9.79. The highest BCUT2D eigenvalue weighted by Crippen LogP contribution is 2.38. The van der Waals surface area contributed by atoms with Gasteiger partial charge < -0.3 is 5.11 Å². The Morgan fingerprint density at radius 2 is 1.60 bits per heavy atom. The molecule has 1 heteroatoms. The molecular weight excluding hydrogens is 184 g/mol. The lowest BCUT2D eigenvalue weighted by Crippen LogP contribution is -2.15. The number of hydrogen-bond donors (Lipinski definition) is 1. The highest BCUT2D eigenvalue weighted by molar-refractivity contribution is 5.20. The average Bonchev–Trinajstić information content (AvgIpc) is 2.15. The molecule has 0 aliphatic heterocycles. The molecule has 2 rings (SSSR count). The van der Waals surface area contributed by atoms with Crippen LogP contribution in [-0.2, 0) is 0 Å². The van der Waals surface area contributed by atoms with Gasteiger partial charge in [0.1, 0.15) is 0 Å². The Kier molecular flexibility index (Phi) is 3.18. The van der Waals surface area contributed by atoms with Crippen molar-refractivity contribution in [2.75, 3.05) is 0 Å². The number of hydrogen-bond acceptors (Lipinski definition) is 1. The van der Waals surface area contributed by atoms with Gasteiger partial charge in [-0.2, -0.15) is 0 Å². The van der Waals surface area contributed by atoms with Crippen LogP contribution in [0, 0.1) is 5.92 Å². The van der Waals surface area contributed by atoms with E-state index >= 15 is 0 Å². The maximum atomic E-state index is 10.1. The van der Waals surface area contributed by atoms with E-state index in [2.05, 4.69) is 13.8 Å². The summed E-state index contributed by atoms with van der Waals surface area (Å²) in [5, 5.41) is 10.1. The highest BCUT2D eigenvalue weighted by atomic mass is 16.3. The van der Waals surface area contributed by atoms with E-state index in [4.69, 9.17) is 0 Å². The minimum absolute atomic E-state index is 0.475. The quantitative estimate of drug-likeness (QED) is 0.494. The van der Waals surface area contributed by atoms with Gasteiger partial charge in [0.15, 0.2) is 0 Å². The van der Waals surface area contributed by atoms with Crippen molar-refractivity contribution in [2.45, 2.75) is 58.8 Å². The third-order valence-corrected chi connectivity index (χ3v) is 4.00. The Bertz CT molecular complexity index is 289. The fourth-order valence-electron chi connectivity index (χ4n) is 2.64. The molecule has 1 nitrogen and oxygen atoms in total. The summed E-state index contributed by atoms with van der Waals surface area (Å²) in [7, 11) is 0. The zero-order valence-corrected chi connectivity index (χ0v) is 9.97. The molecule has 0 aromatic carbocycles. The molecule has 0 saturated heterocycles. The minimum Gasteiger partial charge on any atom is -0.512 e. The summed E-state index contributed by atoms with van der Waals surface area (Å²) in [6.45, 7) is 4.42. The van der Waals surface area contributed by atoms with Gasteiger partial charge in [0.05, 0.1) is 5.76 Å². The Morgan fingerprint density at radius 3 is 2.00 bits per heavy atom. The average molecular weight is 206 g/mol. The SMILES string of the molecule is CC(C)=C1CCC(C(O)=C2CCC2)CC1. The third-order valence-electron chi connectivity index (χ3n) is 4.00. The fourth-order valence-corrected chi connectivity index (χ4v) is 2.64. The molecule has 2 saturated carbocycles. The second-order valence-electron chi connectivity index (χ2n) is 5.22. The van der Waals surface area contributed by atoms with E-state index in [1.165, 1.54) is 30.4 Å². The van der Waals surface area contributed by atoms with E-state index in [-0.39, 0.29) is 0 Å². The summed E-state index contributed by atoms with van der Waals surface area (Å²) in [6.07, 6.45) is 8.31. The van der Waals surface area contributed by atoms with Gasteiger partial charge in [-0.3, -0.25) is 0 Å². The molecule has 0 aromatic heterocycles. The van der Waals surface area contributed by atoms with Crippen LogP contribution < -0.4 is 0 Å². The van der Waals surface area contributed by atoms with Crippen molar-refractivity contribution in [3.05, 3.63) is 22.5 Å². The van der Waals surface area contributed by atoms with Crippen LogP contribution >= 0.6 is 0 Å². The molecule has 0 amide bonds. The van der Waals surface area contributed by atoms with Gasteiger partial charge in [0.2, 0.25) is 0 Å². The molecule has 84 valence electrons. The van der Waals surface area contributed by atoms with Crippen molar-refractivity contribution in [3.8, 4) is 0 Å². The number of aliphatic hydroxyl groups is 1. The highest BCUT2D eigenvalue weighted by Gasteiger charge is 2.24. The number of rotatable bonds is 1. The lowest BCUT2D eigenvalue weighted by molar-refractivity contribution is 0.278. The largest absolute Gasteiger partial charge is 0.512 e. The van der Waals surface area contributed by atoms with E-state index in [0.29, 0.717) is 5.92 Å². The van der Waals surface area contributed by atoms with E-state index in [0.717, 1.165) is 31.4 Å². The first-order valence-electron chi connectivity index (χ1n) is 6.24. The van der Waals surface area contributed by atoms with Crippen LogP contribution in [0.2, 0.25) is 0 Å². The molecule has 0 unspecified atom stereocenters. The number of aliphatic hydroxyl groups excluding tert-OH is 1. The van der Waals surface area contributed by atoms with E-state index in [1.54, 1.807) is 5.57 Å². The third kappa shape index (κ3) is 2.27. The summed E-state index contributed by atoms with van der Waals surface area (Å²) in [5.74, 6) is 1.23. The molecule has 2 fully saturated rings. The molecule has 0 atom stereocenters. The van der Waals surface area contributed by atoms with Gasteiger partial charge in [-0.05, 0) is 64.4 Å². The topological polar surface area (TPSA) is 20.2 Å². The van der Waals surface area contributed by atoms with Crippen molar-refractivity contribution >= 4 is 0 Å². The van der Waals surface area contributed by atoms with Gasteiger partial charge in [-0.25, -0.2) is 0 Å². The van der Waals surface area contributed by atoms with Crippen LogP contribution in [0.1, 0.15) is 58.8 Å². The van der Waals surface area contributed by atoms with Gasteiger partial charge in [-0.15, -0.1) is 0 Å². The smallest absolute Gasteiger partial charge is 0.0945 e.